The van der Waals surface area contributed by atoms with Gasteiger partial charge in [0.15, 0.2) is 8.07 Å². The first-order chi connectivity index (χ1) is 28.8. The summed E-state index contributed by atoms with van der Waals surface area (Å²) in [5.74, 6) is 0. The van der Waals surface area contributed by atoms with Crippen LogP contribution in [-0.4, -0.2) is 17.2 Å². The molecular weight excluding hydrogens is 717 g/mol. The molecule has 0 radical (unpaired) electrons. The summed E-state index contributed by atoms with van der Waals surface area (Å²) < 4.78 is 4.98. The fraction of sp³-hybridized carbons (Fsp3) is 0.0182. The third-order valence-corrected chi connectivity index (χ3v) is 18.1. The van der Waals surface area contributed by atoms with Gasteiger partial charge in [-0.25, -0.2) is 0 Å². The Labute approximate surface area is 337 Å². The highest BCUT2D eigenvalue weighted by Crippen LogP contribution is 2.45. The molecule has 0 saturated carbocycles. The summed E-state index contributed by atoms with van der Waals surface area (Å²) in [5.41, 5.74) is 15.6. The Morgan fingerprint density at radius 1 is 0.345 bits per heavy atom. The van der Waals surface area contributed by atoms with Gasteiger partial charge in [-0.2, -0.15) is 0 Å². The van der Waals surface area contributed by atoms with Gasteiger partial charge in [0.25, 0.3) is 0 Å². The Hall–Kier alpha value is -7.20. The standard InChI is InChI=1S/C55H36N2Si/c1-3-15-37(16-4-1)57-52-32-29-40(58(39-17-5-2-6-18-39)53-25-13-9-21-44(53)45-22-10-14-26-54(45)58)35-48(52)46-31-30-41-47-34-38(28-27-36(47)33-49(41)55(46)57)56-50-23-11-7-19-42(50)43-20-8-12-24-51(43)56/h1-32,34-35H,33H2. The molecular formula is C55H36N2Si. The zero-order valence-electron chi connectivity index (χ0n) is 31.7. The summed E-state index contributed by atoms with van der Waals surface area (Å²) in [7, 11) is -2.66. The zero-order valence-corrected chi connectivity index (χ0v) is 32.7. The maximum Gasteiger partial charge on any atom is 0.180 e. The lowest BCUT2D eigenvalue weighted by Crippen LogP contribution is -2.72. The fourth-order valence-electron chi connectivity index (χ4n) is 10.9. The molecule has 0 fully saturated rings. The Morgan fingerprint density at radius 3 is 1.66 bits per heavy atom. The van der Waals surface area contributed by atoms with E-state index in [1.54, 1.807) is 0 Å². The molecule has 58 heavy (non-hydrogen) atoms. The molecule has 3 heterocycles. The number of para-hydroxylation sites is 3. The number of rotatable bonds is 4. The maximum atomic E-state index is 2.57. The van der Waals surface area contributed by atoms with Crippen LogP contribution in [0.25, 0.3) is 77.2 Å². The van der Waals surface area contributed by atoms with E-state index in [0.717, 1.165) is 6.42 Å². The first-order valence-corrected chi connectivity index (χ1v) is 22.3. The van der Waals surface area contributed by atoms with Crippen LogP contribution in [0, 0.1) is 0 Å². The van der Waals surface area contributed by atoms with Crippen LogP contribution in [-0.2, 0) is 6.42 Å². The molecule has 0 N–H and O–H groups in total. The highest BCUT2D eigenvalue weighted by molar-refractivity contribution is 7.22. The van der Waals surface area contributed by atoms with Crippen molar-refractivity contribution < 1.29 is 0 Å². The molecule has 13 rings (SSSR count). The van der Waals surface area contributed by atoms with Gasteiger partial charge in [0.2, 0.25) is 0 Å². The molecule has 2 aromatic heterocycles. The van der Waals surface area contributed by atoms with E-state index in [-0.39, 0.29) is 0 Å². The van der Waals surface area contributed by atoms with Crippen LogP contribution in [0.15, 0.2) is 206 Å². The van der Waals surface area contributed by atoms with Crippen molar-refractivity contribution in [1.29, 1.82) is 0 Å². The van der Waals surface area contributed by atoms with Gasteiger partial charge in [0.1, 0.15) is 0 Å². The van der Waals surface area contributed by atoms with Crippen molar-refractivity contribution in [2.75, 3.05) is 0 Å². The maximum absolute atomic E-state index is 2.66. The molecule has 1 aliphatic heterocycles. The molecule has 9 aromatic carbocycles. The molecule has 2 nitrogen and oxygen atoms in total. The summed E-state index contributed by atoms with van der Waals surface area (Å²) in [6.07, 6.45) is 0.898. The average molecular weight is 753 g/mol. The third kappa shape index (κ3) is 4.16. The second-order valence-corrected chi connectivity index (χ2v) is 19.7. The molecule has 270 valence electrons. The summed E-state index contributed by atoms with van der Waals surface area (Å²) in [4.78, 5) is 0. The van der Waals surface area contributed by atoms with E-state index in [0.29, 0.717) is 0 Å². The van der Waals surface area contributed by atoms with Crippen molar-refractivity contribution in [2.45, 2.75) is 6.42 Å². The summed E-state index contributed by atoms with van der Waals surface area (Å²) >= 11 is 0. The number of nitrogens with zero attached hydrogens (tertiary/aromatic N) is 2. The molecule has 0 spiro atoms. The monoisotopic (exact) mass is 752 g/mol. The molecule has 0 bridgehead atoms. The van der Waals surface area contributed by atoms with Crippen LogP contribution < -0.4 is 20.7 Å². The molecule has 2 aliphatic rings. The van der Waals surface area contributed by atoms with Gasteiger partial charge in [0.05, 0.1) is 22.1 Å². The van der Waals surface area contributed by atoms with Crippen LogP contribution in [0.5, 0.6) is 0 Å². The third-order valence-electron chi connectivity index (χ3n) is 13.2. The van der Waals surface area contributed by atoms with Crippen molar-refractivity contribution in [2.24, 2.45) is 0 Å². The van der Waals surface area contributed by atoms with Gasteiger partial charge >= 0.3 is 0 Å². The minimum absolute atomic E-state index is 0.898. The minimum atomic E-state index is -2.66. The quantitative estimate of drug-likeness (QED) is 0.159. The van der Waals surface area contributed by atoms with E-state index < -0.39 is 8.07 Å². The lowest BCUT2D eigenvalue weighted by Gasteiger charge is -2.31. The molecule has 0 saturated heterocycles. The normalized spacial score (nSPS) is 13.6. The number of hydrogen-bond donors (Lipinski definition) is 0. The lowest BCUT2D eigenvalue weighted by atomic mass is 10.0. The summed E-state index contributed by atoms with van der Waals surface area (Å²) in [5, 5.41) is 11.0. The van der Waals surface area contributed by atoms with Gasteiger partial charge in [-0.15, -0.1) is 0 Å². The van der Waals surface area contributed by atoms with Crippen LogP contribution >= 0.6 is 0 Å². The van der Waals surface area contributed by atoms with Crippen LogP contribution in [0.4, 0.5) is 0 Å². The second-order valence-electron chi connectivity index (χ2n) is 16.0. The second kappa shape index (κ2) is 11.9. The molecule has 3 heteroatoms. The Balaban J connectivity index is 1.07. The molecule has 11 aromatic rings. The van der Waals surface area contributed by atoms with E-state index in [1.807, 2.05) is 0 Å². The number of hydrogen-bond acceptors (Lipinski definition) is 0. The minimum Gasteiger partial charge on any atom is -0.309 e. The first kappa shape index (κ1) is 31.9. The predicted octanol–water partition coefficient (Wildman–Crippen LogP) is 10.8. The van der Waals surface area contributed by atoms with Crippen LogP contribution in [0.2, 0.25) is 0 Å². The van der Waals surface area contributed by atoms with Crippen molar-refractivity contribution in [3.8, 4) is 33.6 Å². The Morgan fingerprint density at radius 2 is 0.948 bits per heavy atom. The lowest BCUT2D eigenvalue weighted by molar-refractivity contribution is 1.15. The summed E-state index contributed by atoms with van der Waals surface area (Å²) in [6, 6.07) is 77.7. The number of aromatic nitrogens is 2. The van der Waals surface area contributed by atoms with Crippen molar-refractivity contribution in [1.82, 2.24) is 9.13 Å². The van der Waals surface area contributed by atoms with Crippen molar-refractivity contribution >= 4 is 72.4 Å². The van der Waals surface area contributed by atoms with Crippen molar-refractivity contribution in [3.63, 3.8) is 0 Å². The summed E-state index contributed by atoms with van der Waals surface area (Å²) in [6.45, 7) is 0. The molecule has 0 atom stereocenters. The van der Waals surface area contributed by atoms with E-state index in [4.69, 9.17) is 0 Å². The highest BCUT2D eigenvalue weighted by atomic mass is 28.3. The topological polar surface area (TPSA) is 9.86 Å². The number of benzene rings is 9. The fourth-order valence-corrected chi connectivity index (χ4v) is 16.1. The largest absolute Gasteiger partial charge is 0.309 e. The molecule has 0 amide bonds. The van der Waals surface area contributed by atoms with Gasteiger partial charge in [-0.05, 0) is 96.6 Å². The smallest absolute Gasteiger partial charge is 0.180 e. The molecule has 1 aliphatic carbocycles. The average Bonchev–Trinajstić information content (AvgIpc) is 4.02. The Kier molecular flexibility index (Phi) is 6.56. The van der Waals surface area contributed by atoms with Crippen molar-refractivity contribution in [3.05, 3.63) is 217 Å². The van der Waals surface area contributed by atoms with Gasteiger partial charge < -0.3 is 9.13 Å². The van der Waals surface area contributed by atoms with E-state index in [9.17, 15) is 0 Å². The zero-order chi connectivity index (χ0) is 38.0. The first-order valence-electron chi connectivity index (χ1n) is 20.3. The van der Waals surface area contributed by atoms with Crippen LogP contribution in [0.1, 0.15) is 11.1 Å². The SMILES string of the molecule is c1ccc(-n2c3ccc([Si]4(c5ccccc5)c5ccccc5-c5ccccc54)cc3c3ccc4c(c32)Cc2ccc(-n3c5ccccc5c5ccccc53)cc2-4)cc1. The van der Waals surface area contributed by atoms with Gasteiger partial charge in [0, 0.05) is 39.3 Å². The van der Waals surface area contributed by atoms with Gasteiger partial charge in [-0.3, -0.25) is 0 Å². The highest BCUT2D eigenvalue weighted by Gasteiger charge is 2.48. The van der Waals surface area contributed by atoms with E-state index in [2.05, 4.69) is 215 Å². The predicted molar refractivity (Wildman–Crippen MR) is 246 cm³/mol. The number of fused-ring (bicyclic) bond motifs is 13. The molecule has 0 unspecified atom stereocenters. The Bertz CT molecular complexity index is 3380. The van der Waals surface area contributed by atoms with E-state index in [1.165, 1.54) is 109 Å². The van der Waals surface area contributed by atoms with Crippen LogP contribution in [0.3, 0.4) is 0 Å². The van der Waals surface area contributed by atoms with Gasteiger partial charge in [-0.1, -0.05) is 164 Å². The van der Waals surface area contributed by atoms with E-state index >= 15 is 0 Å².